The third-order valence-electron chi connectivity index (χ3n) is 2.37. The Balaban J connectivity index is 2.75. The van der Waals surface area contributed by atoms with Crippen LogP contribution >= 0.6 is 0 Å². The zero-order valence-corrected chi connectivity index (χ0v) is 8.57. The lowest BCUT2D eigenvalue weighted by molar-refractivity contribution is -0.543. The summed E-state index contributed by atoms with van der Waals surface area (Å²) in [6.45, 7) is 3.64. The van der Waals surface area contributed by atoms with Crippen molar-refractivity contribution >= 4 is 0 Å². The minimum Gasteiger partial charge on any atom is -0.367 e. The van der Waals surface area contributed by atoms with Crippen LogP contribution in [0.4, 0.5) is 0 Å². The number of nitrogens with zero attached hydrogens (tertiary/aromatic N) is 2. The van der Waals surface area contributed by atoms with Crippen LogP contribution in [0.25, 0.3) is 0 Å². The van der Waals surface area contributed by atoms with E-state index in [1.54, 1.807) is 0 Å². The van der Waals surface area contributed by atoms with Gasteiger partial charge < -0.3 is 4.74 Å². The lowest BCUT2D eigenvalue weighted by atomic mass is 9.96. The van der Waals surface area contributed by atoms with Crippen LogP contribution in [0.1, 0.15) is 12.8 Å². The van der Waals surface area contributed by atoms with Crippen molar-refractivity contribution in [2.45, 2.75) is 25.0 Å². The number of hydrogen-bond acceptors (Lipinski definition) is 5. The summed E-state index contributed by atoms with van der Waals surface area (Å²) in [5, 5.41) is 21.2. The van der Waals surface area contributed by atoms with Gasteiger partial charge in [0.1, 0.15) is 12.5 Å². The quantitative estimate of drug-likeness (QED) is 0.399. The standard InChI is InChI=1S/C9H12N2O5/c1-2-5-16-9-4-3-7(10(12)13)6-8(9)11(14)15/h2-3,8-9H,1,4-6H2. The van der Waals surface area contributed by atoms with Gasteiger partial charge in [-0.1, -0.05) is 6.08 Å². The van der Waals surface area contributed by atoms with Crippen LogP contribution in [-0.4, -0.2) is 28.6 Å². The lowest BCUT2D eigenvalue weighted by Gasteiger charge is -2.21. The van der Waals surface area contributed by atoms with Gasteiger partial charge in [-0.25, -0.2) is 0 Å². The smallest absolute Gasteiger partial charge is 0.249 e. The van der Waals surface area contributed by atoms with Gasteiger partial charge >= 0.3 is 0 Å². The zero-order chi connectivity index (χ0) is 12.1. The predicted molar refractivity (Wildman–Crippen MR) is 55.0 cm³/mol. The van der Waals surface area contributed by atoms with Crippen molar-refractivity contribution in [1.82, 2.24) is 0 Å². The molecule has 0 saturated carbocycles. The van der Waals surface area contributed by atoms with Crippen molar-refractivity contribution in [3.8, 4) is 0 Å². The van der Waals surface area contributed by atoms with Crippen molar-refractivity contribution in [3.05, 3.63) is 44.7 Å². The molecule has 0 amide bonds. The third-order valence-corrected chi connectivity index (χ3v) is 2.37. The maximum absolute atomic E-state index is 10.7. The largest absolute Gasteiger partial charge is 0.367 e. The van der Waals surface area contributed by atoms with E-state index in [2.05, 4.69) is 6.58 Å². The van der Waals surface area contributed by atoms with Crippen molar-refractivity contribution < 1.29 is 14.6 Å². The van der Waals surface area contributed by atoms with Crippen LogP contribution in [0.2, 0.25) is 0 Å². The molecule has 1 aliphatic carbocycles. The molecule has 1 aliphatic rings. The van der Waals surface area contributed by atoms with E-state index in [0.717, 1.165) is 0 Å². The molecule has 0 aromatic carbocycles. The van der Waals surface area contributed by atoms with Crippen LogP contribution in [-0.2, 0) is 4.74 Å². The van der Waals surface area contributed by atoms with Gasteiger partial charge in [0.2, 0.25) is 11.7 Å². The number of rotatable bonds is 5. The van der Waals surface area contributed by atoms with Crippen molar-refractivity contribution in [2.24, 2.45) is 0 Å². The van der Waals surface area contributed by atoms with Gasteiger partial charge in [-0.05, 0) is 6.08 Å². The molecule has 7 nitrogen and oxygen atoms in total. The molecule has 0 spiro atoms. The molecule has 0 saturated heterocycles. The van der Waals surface area contributed by atoms with E-state index < -0.39 is 22.0 Å². The van der Waals surface area contributed by atoms with Crippen LogP contribution < -0.4 is 0 Å². The van der Waals surface area contributed by atoms with Gasteiger partial charge in [0.15, 0.2) is 0 Å². The molecule has 7 heteroatoms. The molecular formula is C9H12N2O5. The molecule has 16 heavy (non-hydrogen) atoms. The second-order valence-corrected chi connectivity index (χ2v) is 3.41. The molecule has 0 N–H and O–H groups in total. The van der Waals surface area contributed by atoms with Gasteiger partial charge in [-0.3, -0.25) is 20.2 Å². The van der Waals surface area contributed by atoms with E-state index in [1.165, 1.54) is 12.2 Å². The van der Waals surface area contributed by atoms with Crippen LogP contribution in [0.3, 0.4) is 0 Å². The first kappa shape index (κ1) is 12.3. The topological polar surface area (TPSA) is 95.5 Å². The zero-order valence-electron chi connectivity index (χ0n) is 8.57. The Kier molecular flexibility index (Phi) is 4.12. The van der Waals surface area contributed by atoms with Crippen LogP contribution in [0, 0.1) is 20.2 Å². The number of nitro groups is 2. The Morgan fingerprint density at radius 3 is 2.75 bits per heavy atom. The minimum atomic E-state index is -1.05. The molecule has 0 radical (unpaired) electrons. The number of ether oxygens (including phenoxy) is 1. The summed E-state index contributed by atoms with van der Waals surface area (Å²) in [4.78, 5) is 20.1. The molecular weight excluding hydrogens is 216 g/mol. The van der Waals surface area contributed by atoms with Crippen LogP contribution in [0.15, 0.2) is 24.4 Å². The third kappa shape index (κ3) is 2.86. The highest BCUT2D eigenvalue weighted by Crippen LogP contribution is 2.23. The first-order chi connectivity index (χ1) is 7.56. The molecule has 1 rings (SSSR count). The fourth-order valence-corrected chi connectivity index (χ4v) is 1.57. The Bertz CT molecular complexity index is 339. The molecule has 0 bridgehead atoms. The molecule has 88 valence electrons. The SMILES string of the molecule is C=CCOC1CC=C([N+](=O)[O-])CC1[N+](=O)[O-]. The lowest BCUT2D eigenvalue weighted by Crippen LogP contribution is -2.39. The summed E-state index contributed by atoms with van der Waals surface area (Å²) < 4.78 is 5.21. The first-order valence-corrected chi connectivity index (χ1v) is 4.75. The first-order valence-electron chi connectivity index (χ1n) is 4.75. The van der Waals surface area contributed by atoms with E-state index in [1.807, 2.05) is 0 Å². The molecule has 0 aromatic rings. The second kappa shape index (κ2) is 5.36. The van der Waals surface area contributed by atoms with Crippen molar-refractivity contribution in [1.29, 1.82) is 0 Å². The monoisotopic (exact) mass is 228 g/mol. The molecule has 2 atom stereocenters. The highest BCUT2D eigenvalue weighted by Gasteiger charge is 2.39. The molecule has 0 aromatic heterocycles. The minimum absolute atomic E-state index is 0.111. The fourth-order valence-electron chi connectivity index (χ4n) is 1.57. The van der Waals surface area contributed by atoms with E-state index >= 15 is 0 Å². The normalized spacial score (nSPS) is 24.6. The van der Waals surface area contributed by atoms with Gasteiger partial charge in [0, 0.05) is 11.3 Å². The highest BCUT2D eigenvalue weighted by molar-refractivity contribution is 5.02. The Hall–Kier alpha value is -1.76. The highest BCUT2D eigenvalue weighted by atomic mass is 16.6. The summed E-state index contributed by atoms with van der Waals surface area (Å²) in [6.07, 6.45) is 2.26. The second-order valence-electron chi connectivity index (χ2n) is 3.41. The molecule has 2 unspecified atom stereocenters. The summed E-state index contributed by atoms with van der Waals surface area (Å²) in [5.74, 6) is 0. The van der Waals surface area contributed by atoms with E-state index in [9.17, 15) is 20.2 Å². The maximum atomic E-state index is 10.7. The molecule has 0 fully saturated rings. The van der Waals surface area contributed by atoms with Gasteiger partial charge in [-0.2, -0.15) is 0 Å². The Labute approximate surface area is 91.7 Å². The van der Waals surface area contributed by atoms with Crippen molar-refractivity contribution in [3.63, 3.8) is 0 Å². The van der Waals surface area contributed by atoms with Gasteiger partial charge in [0.05, 0.1) is 11.5 Å². The van der Waals surface area contributed by atoms with E-state index in [4.69, 9.17) is 4.74 Å². The number of hydrogen-bond donors (Lipinski definition) is 0. The Morgan fingerprint density at radius 2 is 2.25 bits per heavy atom. The van der Waals surface area contributed by atoms with Crippen LogP contribution in [0.5, 0.6) is 0 Å². The van der Waals surface area contributed by atoms with E-state index in [0.29, 0.717) is 0 Å². The van der Waals surface area contributed by atoms with E-state index in [-0.39, 0.29) is 25.1 Å². The summed E-state index contributed by atoms with van der Waals surface area (Å²) in [6, 6.07) is -1.05. The summed E-state index contributed by atoms with van der Waals surface area (Å²) in [7, 11) is 0. The fraction of sp³-hybridized carbons (Fsp3) is 0.556. The maximum Gasteiger partial charge on any atom is 0.249 e. The average molecular weight is 228 g/mol. The predicted octanol–water partition coefficient (Wildman–Crippen LogP) is 1.16. The van der Waals surface area contributed by atoms with Gasteiger partial charge in [-0.15, -0.1) is 6.58 Å². The molecule has 0 heterocycles. The summed E-state index contributed by atoms with van der Waals surface area (Å²) >= 11 is 0. The average Bonchev–Trinajstić information content (AvgIpc) is 2.25. The van der Waals surface area contributed by atoms with Gasteiger partial charge in [0.25, 0.3) is 0 Å². The Morgan fingerprint density at radius 1 is 1.56 bits per heavy atom. The summed E-state index contributed by atoms with van der Waals surface area (Å²) in [5.41, 5.74) is -0.111. The van der Waals surface area contributed by atoms with Crippen molar-refractivity contribution in [2.75, 3.05) is 6.61 Å². The molecule has 0 aliphatic heterocycles.